The lowest BCUT2D eigenvalue weighted by Crippen LogP contribution is -2.19. The molecule has 5 N–H and O–H groups in total. The van der Waals surface area contributed by atoms with Gasteiger partial charge in [0.15, 0.2) is 0 Å². The van der Waals surface area contributed by atoms with Crippen LogP contribution in [-0.4, -0.2) is 31.8 Å². The molecule has 7 heteroatoms. The van der Waals surface area contributed by atoms with E-state index in [4.69, 9.17) is 16.2 Å². The van der Waals surface area contributed by atoms with Crippen LogP contribution in [0.25, 0.3) is 0 Å². The number of anilines is 2. The molecular formula is C12H17N3O4. The lowest BCUT2D eigenvalue weighted by atomic mass is 10.1. The molecule has 7 nitrogen and oxygen atoms in total. The molecule has 0 aliphatic heterocycles. The van der Waals surface area contributed by atoms with Crippen molar-refractivity contribution in [1.82, 2.24) is 0 Å². The summed E-state index contributed by atoms with van der Waals surface area (Å²) in [5, 5.41) is 2.94. The van der Waals surface area contributed by atoms with Crippen molar-refractivity contribution in [2.45, 2.75) is 6.92 Å². The van der Waals surface area contributed by atoms with E-state index in [1.807, 2.05) is 0 Å². The van der Waals surface area contributed by atoms with Crippen LogP contribution in [0.1, 0.15) is 17.3 Å². The second kappa shape index (κ2) is 7.10. The van der Waals surface area contributed by atoms with Gasteiger partial charge in [-0.3, -0.25) is 0 Å². The number of esters is 1. The summed E-state index contributed by atoms with van der Waals surface area (Å²) >= 11 is 0. The van der Waals surface area contributed by atoms with Crippen LogP contribution >= 0.6 is 0 Å². The predicted octanol–water partition coefficient (Wildman–Crippen LogP) is 0.953. The number of primary amides is 1. The zero-order valence-electron chi connectivity index (χ0n) is 10.6. The summed E-state index contributed by atoms with van der Waals surface area (Å²) < 4.78 is 9.45. The number of nitrogen functional groups attached to an aromatic ring is 1. The minimum absolute atomic E-state index is 0.110. The van der Waals surface area contributed by atoms with Gasteiger partial charge in [-0.05, 0) is 19.1 Å². The Kier molecular flexibility index (Phi) is 5.46. The Morgan fingerprint density at radius 1 is 1.32 bits per heavy atom. The number of nitrogens with one attached hydrogen (secondary N) is 1. The average Bonchev–Trinajstić information content (AvgIpc) is 2.36. The molecule has 0 aliphatic rings. The number of hydrogen-bond donors (Lipinski definition) is 3. The van der Waals surface area contributed by atoms with Gasteiger partial charge in [0.1, 0.15) is 6.61 Å². The van der Waals surface area contributed by atoms with Gasteiger partial charge >= 0.3 is 12.1 Å². The zero-order valence-corrected chi connectivity index (χ0v) is 10.6. The Morgan fingerprint density at radius 2 is 2.05 bits per heavy atom. The molecule has 104 valence electrons. The van der Waals surface area contributed by atoms with Crippen LogP contribution in [0.2, 0.25) is 0 Å². The predicted molar refractivity (Wildman–Crippen MR) is 70.8 cm³/mol. The molecule has 0 spiro atoms. The van der Waals surface area contributed by atoms with Crippen molar-refractivity contribution in [3.63, 3.8) is 0 Å². The van der Waals surface area contributed by atoms with E-state index in [0.717, 1.165) is 0 Å². The molecule has 0 heterocycles. The highest BCUT2D eigenvalue weighted by Crippen LogP contribution is 2.23. The third-order valence-corrected chi connectivity index (χ3v) is 2.26. The van der Waals surface area contributed by atoms with Gasteiger partial charge < -0.3 is 26.3 Å². The summed E-state index contributed by atoms with van der Waals surface area (Å²) in [6, 6.07) is 4.97. The van der Waals surface area contributed by atoms with Crippen molar-refractivity contribution in [3.8, 4) is 0 Å². The van der Waals surface area contributed by atoms with Crippen molar-refractivity contribution in [2.24, 2.45) is 5.73 Å². The SMILES string of the molecule is CCOC(=O)c1cccc(NCCOC(N)=O)c1N. The summed E-state index contributed by atoms with van der Waals surface area (Å²) in [6.45, 7) is 2.44. The Hall–Kier alpha value is -2.44. The van der Waals surface area contributed by atoms with Gasteiger partial charge in [-0.25, -0.2) is 9.59 Å². The highest BCUT2D eigenvalue weighted by atomic mass is 16.5. The maximum atomic E-state index is 11.6. The second-order valence-electron chi connectivity index (χ2n) is 3.58. The van der Waals surface area contributed by atoms with Gasteiger partial charge in [-0.2, -0.15) is 0 Å². The van der Waals surface area contributed by atoms with Crippen LogP contribution < -0.4 is 16.8 Å². The fraction of sp³-hybridized carbons (Fsp3) is 0.333. The minimum atomic E-state index is -0.838. The first-order valence-corrected chi connectivity index (χ1v) is 5.78. The summed E-state index contributed by atoms with van der Waals surface area (Å²) in [5.41, 5.74) is 11.8. The molecule has 0 saturated heterocycles. The molecule has 0 aliphatic carbocycles. The summed E-state index contributed by atoms with van der Waals surface area (Å²) in [7, 11) is 0. The topological polar surface area (TPSA) is 117 Å². The van der Waals surface area contributed by atoms with Crippen molar-refractivity contribution in [3.05, 3.63) is 23.8 Å². The van der Waals surface area contributed by atoms with Crippen LogP contribution in [0, 0.1) is 0 Å². The van der Waals surface area contributed by atoms with E-state index >= 15 is 0 Å². The van der Waals surface area contributed by atoms with Crippen LogP contribution in [-0.2, 0) is 9.47 Å². The number of hydrogen-bond acceptors (Lipinski definition) is 6. The minimum Gasteiger partial charge on any atom is -0.462 e. The van der Waals surface area contributed by atoms with Crippen LogP contribution in [0.4, 0.5) is 16.2 Å². The maximum Gasteiger partial charge on any atom is 0.404 e. The third kappa shape index (κ3) is 4.38. The molecule has 0 radical (unpaired) electrons. The monoisotopic (exact) mass is 267 g/mol. The summed E-state index contributed by atoms with van der Waals surface area (Å²) in [6.07, 6.45) is -0.838. The Balaban J connectivity index is 2.66. The highest BCUT2D eigenvalue weighted by molar-refractivity contribution is 5.98. The van der Waals surface area contributed by atoms with E-state index in [0.29, 0.717) is 23.5 Å². The summed E-state index contributed by atoms with van der Waals surface area (Å²) in [5.74, 6) is -0.475. The van der Waals surface area contributed by atoms with Gasteiger partial charge in [0.2, 0.25) is 0 Å². The molecule has 0 bridgehead atoms. The smallest absolute Gasteiger partial charge is 0.404 e. The number of ether oxygens (including phenoxy) is 2. The lowest BCUT2D eigenvalue weighted by Gasteiger charge is -2.12. The lowest BCUT2D eigenvalue weighted by molar-refractivity contribution is 0.0527. The maximum absolute atomic E-state index is 11.6. The molecule has 19 heavy (non-hydrogen) atoms. The number of benzene rings is 1. The molecule has 1 aromatic carbocycles. The van der Waals surface area contributed by atoms with Crippen molar-refractivity contribution in [1.29, 1.82) is 0 Å². The zero-order chi connectivity index (χ0) is 14.3. The van der Waals surface area contributed by atoms with Crippen molar-refractivity contribution in [2.75, 3.05) is 30.8 Å². The molecule has 0 atom stereocenters. The molecule has 1 amide bonds. The van der Waals surface area contributed by atoms with Crippen LogP contribution in [0.15, 0.2) is 18.2 Å². The molecule has 1 rings (SSSR count). The van der Waals surface area contributed by atoms with E-state index < -0.39 is 12.1 Å². The molecule has 0 fully saturated rings. The number of amides is 1. The first kappa shape index (κ1) is 14.6. The van der Waals surface area contributed by atoms with Gasteiger partial charge in [0, 0.05) is 6.54 Å². The second-order valence-corrected chi connectivity index (χ2v) is 3.58. The standard InChI is InChI=1S/C12H17N3O4/c1-2-18-11(16)8-4-3-5-9(10(8)13)15-6-7-19-12(14)17/h3-5,15H,2,6-7,13H2,1H3,(H2,14,17). The van der Waals surface area contributed by atoms with E-state index in [1.54, 1.807) is 25.1 Å². The van der Waals surface area contributed by atoms with Gasteiger partial charge in [-0.15, -0.1) is 0 Å². The third-order valence-electron chi connectivity index (χ3n) is 2.26. The normalized spacial score (nSPS) is 9.74. The van der Waals surface area contributed by atoms with Crippen LogP contribution in [0.3, 0.4) is 0 Å². The fourth-order valence-electron chi connectivity index (χ4n) is 1.44. The molecule has 0 saturated carbocycles. The number of carbonyl (C=O) groups excluding carboxylic acids is 2. The first-order valence-electron chi connectivity index (χ1n) is 5.78. The number of rotatable bonds is 6. The Bertz CT molecular complexity index is 462. The quantitative estimate of drug-likeness (QED) is 0.401. The average molecular weight is 267 g/mol. The van der Waals surface area contributed by atoms with E-state index in [2.05, 4.69) is 10.1 Å². The van der Waals surface area contributed by atoms with Crippen LogP contribution in [0.5, 0.6) is 0 Å². The Morgan fingerprint density at radius 3 is 2.68 bits per heavy atom. The fourth-order valence-corrected chi connectivity index (χ4v) is 1.44. The number of carbonyl (C=O) groups is 2. The van der Waals surface area contributed by atoms with Crippen molar-refractivity contribution >= 4 is 23.4 Å². The highest BCUT2D eigenvalue weighted by Gasteiger charge is 2.13. The Labute approximate surface area is 110 Å². The number of para-hydroxylation sites is 1. The van der Waals surface area contributed by atoms with Gasteiger partial charge in [0.25, 0.3) is 0 Å². The molecule has 0 aromatic heterocycles. The molecule has 0 unspecified atom stereocenters. The van der Waals surface area contributed by atoms with Crippen molar-refractivity contribution < 1.29 is 19.1 Å². The first-order chi connectivity index (χ1) is 9.06. The largest absolute Gasteiger partial charge is 0.462 e. The van der Waals surface area contributed by atoms with Gasteiger partial charge in [0.05, 0.1) is 23.5 Å². The number of nitrogens with two attached hydrogens (primary N) is 2. The van der Waals surface area contributed by atoms with Gasteiger partial charge in [-0.1, -0.05) is 6.07 Å². The van der Waals surface area contributed by atoms with E-state index in [-0.39, 0.29) is 13.2 Å². The van der Waals surface area contributed by atoms with E-state index in [9.17, 15) is 9.59 Å². The van der Waals surface area contributed by atoms with E-state index in [1.165, 1.54) is 0 Å². The molecular weight excluding hydrogens is 250 g/mol. The summed E-state index contributed by atoms with van der Waals surface area (Å²) in [4.78, 5) is 22.0. The molecule has 1 aromatic rings.